The predicted octanol–water partition coefficient (Wildman–Crippen LogP) is -0.697. The highest BCUT2D eigenvalue weighted by Gasteiger charge is 2.32. The fourth-order valence-electron chi connectivity index (χ4n) is 1.81. The Balaban J connectivity index is 2.16. The molecule has 0 spiro atoms. The number of nitrogens with zero attached hydrogens (tertiary/aromatic N) is 2. The second kappa shape index (κ2) is 5.24. The Bertz CT molecular complexity index is 406. The summed E-state index contributed by atoms with van der Waals surface area (Å²) < 4.78 is 0. The van der Waals surface area contributed by atoms with E-state index in [4.69, 9.17) is 0 Å². The summed E-state index contributed by atoms with van der Waals surface area (Å²) in [6.45, 7) is 1.70. The van der Waals surface area contributed by atoms with Crippen LogP contribution in [-0.2, 0) is 4.79 Å². The molecule has 17 heavy (non-hydrogen) atoms. The largest absolute Gasteiger partial charge is 0.357 e. The van der Waals surface area contributed by atoms with E-state index >= 15 is 0 Å². The van der Waals surface area contributed by atoms with E-state index in [1.165, 1.54) is 11.3 Å². The summed E-state index contributed by atoms with van der Waals surface area (Å²) in [4.78, 5) is 29.4. The number of carbonyl (C=O) groups is 2. The second-order valence-corrected chi connectivity index (χ2v) is 4.43. The van der Waals surface area contributed by atoms with Crippen LogP contribution in [0.2, 0.25) is 0 Å². The van der Waals surface area contributed by atoms with E-state index in [9.17, 15) is 9.59 Å². The van der Waals surface area contributed by atoms with Crippen molar-refractivity contribution in [1.29, 1.82) is 0 Å². The van der Waals surface area contributed by atoms with Crippen molar-refractivity contribution in [3.63, 3.8) is 0 Å². The molecule has 1 saturated heterocycles. The minimum atomic E-state index is -0.456. The van der Waals surface area contributed by atoms with Crippen molar-refractivity contribution >= 4 is 23.2 Å². The molecule has 1 aliphatic rings. The lowest BCUT2D eigenvalue weighted by Gasteiger charge is -2.34. The van der Waals surface area contributed by atoms with E-state index in [1.807, 2.05) is 0 Å². The summed E-state index contributed by atoms with van der Waals surface area (Å²) in [5, 5.41) is 7.38. The quantitative estimate of drug-likeness (QED) is 0.732. The highest BCUT2D eigenvalue weighted by molar-refractivity contribution is 7.07. The molecular weight excluding hydrogens is 240 g/mol. The van der Waals surface area contributed by atoms with Gasteiger partial charge in [0.2, 0.25) is 5.91 Å². The van der Waals surface area contributed by atoms with E-state index in [0.717, 1.165) is 0 Å². The lowest BCUT2D eigenvalue weighted by atomic mass is 10.1. The van der Waals surface area contributed by atoms with Crippen molar-refractivity contribution < 1.29 is 9.59 Å². The van der Waals surface area contributed by atoms with Gasteiger partial charge in [0.15, 0.2) is 0 Å². The van der Waals surface area contributed by atoms with Gasteiger partial charge in [0.25, 0.3) is 5.91 Å². The molecule has 2 amide bonds. The number of hydrogen-bond donors (Lipinski definition) is 2. The summed E-state index contributed by atoms with van der Waals surface area (Å²) in [5.74, 6) is -0.331. The number of aromatic nitrogens is 1. The van der Waals surface area contributed by atoms with E-state index in [0.29, 0.717) is 25.3 Å². The second-order valence-electron chi connectivity index (χ2n) is 3.71. The Hall–Kier alpha value is -1.47. The Morgan fingerprint density at radius 2 is 2.47 bits per heavy atom. The molecule has 2 heterocycles. The van der Waals surface area contributed by atoms with Gasteiger partial charge in [-0.15, -0.1) is 11.3 Å². The molecule has 0 aliphatic carbocycles. The van der Waals surface area contributed by atoms with E-state index in [-0.39, 0.29) is 11.8 Å². The van der Waals surface area contributed by atoms with Gasteiger partial charge in [-0.25, -0.2) is 4.98 Å². The summed E-state index contributed by atoms with van der Waals surface area (Å²) in [7, 11) is 1.57. The van der Waals surface area contributed by atoms with Gasteiger partial charge in [0.1, 0.15) is 11.7 Å². The normalized spacial score (nSPS) is 20.1. The third-order valence-corrected chi connectivity index (χ3v) is 3.29. The predicted molar refractivity (Wildman–Crippen MR) is 63.9 cm³/mol. The smallest absolute Gasteiger partial charge is 0.274 e. The van der Waals surface area contributed by atoms with Gasteiger partial charge in [-0.05, 0) is 0 Å². The van der Waals surface area contributed by atoms with Crippen LogP contribution in [0, 0.1) is 0 Å². The molecule has 1 aromatic rings. The molecule has 0 saturated carbocycles. The van der Waals surface area contributed by atoms with E-state index < -0.39 is 6.04 Å². The maximum absolute atomic E-state index is 12.2. The number of hydrogen-bond acceptors (Lipinski definition) is 5. The fourth-order valence-corrected chi connectivity index (χ4v) is 2.34. The van der Waals surface area contributed by atoms with Crippen LogP contribution in [0.25, 0.3) is 0 Å². The molecule has 2 rings (SSSR count). The molecule has 1 aromatic heterocycles. The number of likely N-dealkylation sites (N-methyl/N-ethyl adjacent to an activating group) is 1. The molecule has 92 valence electrons. The highest BCUT2D eigenvalue weighted by Crippen LogP contribution is 2.11. The maximum atomic E-state index is 12.2. The lowest BCUT2D eigenvalue weighted by Crippen LogP contribution is -2.59. The number of rotatable bonds is 2. The summed E-state index contributed by atoms with van der Waals surface area (Å²) >= 11 is 1.37. The molecule has 1 fully saturated rings. The van der Waals surface area contributed by atoms with Gasteiger partial charge < -0.3 is 15.5 Å². The molecule has 0 bridgehead atoms. The lowest BCUT2D eigenvalue weighted by molar-refractivity contribution is -0.125. The van der Waals surface area contributed by atoms with Crippen LogP contribution in [0.3, 0.4) is 0 Å². The number of carbonyl (C=O) groups excluding carboxylic acids is 2. The van der Waals surface area contributed by atoms with Crippen molar-refractivity contribution in [3.8, 4) is 0 Å². The number of nitrogens with one attached hydrogen (secondary N) is 2. The molecule has 1 atom stereocenters. The number of amides is 2. The number of piperazine rings is 1. The Labute approximate surface area is 103 Å². The van der Waals surface area contributed by atoms with Gasteiger partial charge in [0.05, 0.1) is 5.51 Å². The molecular formula is C10H14N4O2S. The van der Waals surface area contributed by atoms with E-state index in [1.54, 1.807) is 22.8 Å². The SMILES string of the molecule is CNC(=O)C1CNCCN1C(=O)c1cscn1. The zero-order valence-electron chi connectivity index (χ0n) is 9.47. The standard InChI is InChI=1S/C10H14N4O2S/c1-11-9(15)8-4-12-2-3-14(8)10(16)7-5-17-6-13-7/h5-6,8,12H,2-4H2,1H3,(H,11,15). The molecule has 2 N–H and O–H groups in total. The zero-order chi connectivity index (χ0) is 12.3. The third kappa shape index (κ3) is 2.45. The van der Waals surface area contributed by atoms with E-state index in [2.05, 4.69) is 15.6 Å². The van der Waals surface area contributed by atoms with Crippen LogP contribution in [0.5, 0.6) is 0 Å². The van der Waals surface area contributed by atoms with Crippen LogP contribution in [0.15, 0.2) is 10.9 Å². The number of thiazole rings is 1. The van der Waals surface area contributed by atoms with Gasteiger partial charge >= 0.3 is 0 Å². The molecule has 1 aliphatic heterocycles. The minimum absolute atomic E-state index is 0.152. The summed E-state index contributed by atoms with van der Waals surface area (Å²) in [6, 6.07) is -0.456. The monoisotopic (exact) mass is 254 g/mol. The zero-order valence-corrected chi connectivity index (χ0v) is 10.3. The summed E-state index contributed by atoms with van der Waals surface area (Å²) in [6.07, 6.45) is 0. The Kier molecular flexibility index (Phi) is 3.70. The minimum Gasteiger partial charge on any atom is -0.357 e. The van der Waals surface area contributed by atoms with Crippen LogP contribution in [0.4, 0.5) is 0 Å². The van der Waals surface area contributed by atoms with Crippen LogP contribution in [-0.4, -0.2) is 54.4 Å². The molecule has 1 unspecified atom stereocenters. The van der Waals surface area contributed by atoms with Crippen molar-refractivity contribution in [2.75, 3.05) is 26.7 Å². The first-order valence-electron chi connectivity index (χ1n) is 5.35. The van der Waals surface area contributed by atoms with Crippen LogP contribution >= 0.6 is 11.3 Å². The van der Waals surface area contributed by atoms with Crippen LogP contribution < -0.4 is 10.6 Å². The van der Waals surface area contributed by atoms with Gasteiger partial charge in [-0.3, -0.25) is 9.59 Å². The van der Waals surface area contributed by atoms with Crippen molar-refractivity contribution in [1.82, 2.24) is 20.5 Å². The average Bonchev–Trinajstić information content (AvgIpc) is 2.91. The first-order valence-corrected chi connectivity index (χ1v) is 6.30. The average molecular weight is 254 g/mol. The topological polar surface area (TPSA) is 74.3 Å². The maximum Gasteiger partial charge on any atom is 0.274 e. The molecule has 0 radical (unpaired) electrons. The first kappa shape index (κ1) is 12.0. The van der Waals surface area contributed by atoms with Crippen molar-refractivity contribution in [2.45, 2.75) is 6.04 Å². The van der Waals surface area contributed by atoms with Gasteiger partial charge in [-0.2, -0.15) is 0 Å². The van der Waals surface area contributed by atoms with Crippen LogP contribution in [0.1, 0.15) is 10.5 Å². The molecule has 6 nitrogen and oxygen atoms in total. The Morgan fingerprint density at radius 3 is 3.12 bits per heavy atom. The molecule has 0 aromatic carbocycles. The first-order chi connectivity index (χ1) is 8.24. The van der Waals surface area contributed by atoms with Crippen molar-refractivity contribution in [3.05, 3.63) is 16.6 Å². The highest BCUT2D eigenvalue weighted by atomic mass is 32.1. The van der Waals surface area contributed by atoms with Crippen molar-refractivity contribution in [2.24, 2.45) is 0 Å². The molecule has 7 heteroatoms. The van der Waals surface area contributed by atoms with Gasteiger partial charge in [-0.1, -0.05) is 0 Å². The van der Waals surface area contributed by atoms with Gasteiger partial charge in [0, 0.05) is 32.1 Å². The Morgan fingerprint density at radius 1 is 1.65 bits per heavy atom. The summed E-state index contributed by atoms with van der Waals surface area (Å²) in [5.41, 5.74) is 2.02. The fraction of sp³-hybridized carbons (Fsp3) is 0.500. The third-order valence-electron chi connectivity index (χ3n) is 2.70.